The summed E-state index contributed by atoms with van der Waals surface area (Å²) in [7, 11) is 1.55. The Morgan fingerprint density at radius 1 is 1.25 bits per heavy atom. The first-order chi connectivity index (χ1) is 11.1. The number of methoxy groups -OCH3 is 1. The van der Waals surface area contributed by atoms with Crippen LogP contribution in [0.5, 0.6) is 0 Å². The maximum atomic E-state index is 13.6. The summed E-state index contributed by atoms with van der Waals surface area (Å²) >= 11 is 0. The molecule has 1 aromatic rings. The summed E-state index contributed by atoms with van der Waals surface area (Å²) < 4.78 is 38.2. The Kier molecular flexibility index (Phi) is 4.06. The van der Waals surface area contributed by atoms with Crippen LogP contribution in [0, 0.1) is 17.6 Å². The van der Waals surface area contributed by atoms with E-state index in [0.29, 0.717) is 18.5 Å². The lowest BCUT2D eigenvalue weighted by atomic mass is 9.88. The molecule has 1 aliphatic carbocycles. The highest BCUT2D eigenvalue weighted by Crippen LogP contribution is 2.60. The van der Waals surface area contributed by atoms with Crippen LogP contribution in [0.25, 0.3) is 0 Å². The summed E-state index contributed by atoms with van der Waals surface area (Å²) in [6.07, 6.45) is 0.581. The van der Waals surface area contributed by atoms with Gasteiger partial charge in [-0.05, 0) is 57.2 Å². The minimum atomic E-state index is -0.617. The lowest BCUT2D eigenvalue weighted by molar-refractivity contribution is -0.0704. The molecule has 1 saturated carbocycles. The summed E-state index contributed by atoms with van der Waals surface area (Å²) in [5.74, 6) is -0.937. The van der Waals surface area contributed by atoms with Crippen molar-refractivity contribution < 1.29 is 23.0 Å². The van der Waals surface area contributed by atoms with E-state index >= 15 is 0 Å². The number of amides is 1. The molecular weight excluding hydrogens is 316 g/mol. The number of halogens is 2. The Morgan fingerprint density at radius 2 is 1.88 bits per heavy atom. The van der Waals surface area contributed by atoms with Crippen molar-refractivity contribution in [2.45, 2.75) is 50.9 Å². The third kappa shape index (κ3) is 3.11. The van der Waals surface area contributed by atoms with Crippen LogP contribution in [0.3, 0.4) is 0 Å². The minimum absolute atomic E-state index is 0.252. The zero-order chi connectivity index (χ0) is 17.7. The number of carbonyl (C=O) groups is 1. The van der Waals surface area contributed by atoms with Crippen molar-refractivity contribution in [3.05, 3.63) is 35.4 Å². The maximum absolute atomic E-state index is 13.6. The van der Waals surface area contributed by atoms with Gasteiger partial charge in [0.05, 0.1) is 0 Å². The van der Waals surface area contributed by atoms with Crippen molar-refractivity contribution in [3.8, 4) is 0 Å². The fraction of sp³-hybridized carbons (Fsp3) is 0.611. The van der Waals surface area contributed by atoms with Crippen LogP contribution >= 0.6 is 0 Å². The van der Waals surface area contributed by atoms with Gasteiger partial charge in [-0.15, -0.1) is 0 Å². The van der Waals surface area contributed by atoms with E-state index in [-0.39, 0.29) is 12.1 Å². The molecule has 0 aromatic heterocycles. The number of likely N-dealkylation sites (tertiary alicyclic amines) is 1. The molecule has 2 unspecified atom stereocenters. The minimum Gasteiger partial charge on any atom is -0.444 e. The molecule has 2 fully saturated rings. The molecule has 1 aliphatic heterocycles. The molecule has 2 aliphatic rings. The van der Waals surface area contributed by atoms with E-state index < -0.39 is 28.7 Å². The Morgan fingerprint density at radius 3 is 2.42 bits per heavy atom. The Bertz CT molecular complexity index is 638. The summed E-state index contributed by atoms with van der Waals surface area (Å²) in [6.45, 7) is 5.74. The standard InChI is InChI=1S/C18H23F2NO3/c1-17(2,3)24-16(22)21-10-18(9-12(18)7-15(21)23-4)11-5-13(19)8-14(20)6-11/h5-6,8,12,15H,7,9-10H2,1-4H3/t12?,15?,18-/m1/s1. The molecule has 1 heterocycles. The van der Waals surface area contributed by atoms with Gasteiger partial charge in [0.15, 0.2) is 0 Å². The second kappa shape index (κ2) is 5.69. The molecule has 1 amide bonds. The number of piperidine rings is 1. The smallest absolute Gasteiger partial charge is 0.412 e. The van der Waals surface area contributed by atoms with Crippen LogP contribution in [0.1, 0.15) is 39.2 Å². The molecule has 0 N–H and O–H groups in total. The van der Waals surface area contributed by atoms with E-state index in [4.69, 9.17) is 9.47 Å². The van der Waals surface area contributed by atoms with Gasteiger partial charge in [-0.25, -0.2) is 13.6 Å². The first-order valence-corrected chi connectivity index (χ1v) is 8.13. The number of hydrogen-bond acceptors (Lipinski definition) is 3. The van der Waals surface area contributed by atoms with E-state index in [1.807, 2.05) is 0 Å². The van der Waals surface area contributed by atoms with Gasteiger partial charge >= 0.3 is 6.09 Å². The van der Waals surface area contributed by atoms with Crippen LogP contribution in [0.4, 0.5) is 13.6 Å². The van der Waals surface area contributed by atoms with Crippen molar-refractivity contribution in [1.82, 2.24) is 4.90 Å². The quantitative estimate of drug-likeness (QED) is 0.822. The zero-order valence-corrected chi connectivity index (χ0v) is 14.4. The van der Waals surface area contributed by atoms with Gasteiger partial charge in [0, 0.05) is 25.1 Å². The van der Waals surface area contributed by atoms with Crippen LogP contribution in [0.2, 0.25) is 0 Å². The van der Waals surface area contributed by atoms with Gasteiger partial charge < -0.3 is 9.47 Å². The molecular formula is C18H23F2NO3. The highest BCUT2D eigenvalue weighted by atomic mass is 19.1. The van der Waals surface area contributed by atoms with E-state index in [0.717, 1.165) is 12.5 Å². The third-order valence-electron chi connectivity index (χ3n) is 4.86. The van der Waals surface area contributed by atoms with Gasteiger partial charge in [-0.1, -0.05) is 0 Å². The number of ether oxygens (including phenoxy) is 2. The SMILES string of the molecule is COC1CC2C[C@]2(c2cc(F)cc(F)c2)CN1C(=O)OC(C)(C)C. The molecule has 1 aromatic carbocycles. The summed E-state index contributed by atoms with van der Waals surface area (Å²) in [5, 5.41) is 0. The monoisotopic (exact) mass is 339 g/mol. The molecule has 0 radical (unpaired) electrons. The molecule has 0 spiro atoms. The second-order valence-electron chi connectivity index (χ2n) is 7.75. The summed E-state index contributed by atoms with van der Waals surface area (Å²) in [6, 6.07) is 3.59. The number of carbonyl (C=O) groups excluding carboxylic acids is 1. The number of nitrogens with zero attached hydrogens (tertiary/aromatic N) is 1. The predicted octanol–water partition coefficient (Wildman–Crippen LogP) is 3.84. The molecule has 24 heavy (non-hydrogen) atoms. The first kappa shape index (κ1) is 17.1. The summed E-state index contributed by atoms with van der Waals surface area (Å²) in [4.78, 5) is 14.1. The molecule has 6 heteroatoms. The van der Waals surface area contributed by atoms with Crippen LogP contribution in [0.15, 0.2) is 18.2 Å². The fourth-order valence-corrected chi connectivity index (χ4v) is 3.67. The number of fused-ring (bicyclic) bond motifs is 1. The van der Waals surface area contributed by atoms with Crippen molar-refractivity contribution in [3.63, 3.8) is 0 Å². The molecule has 3 atom stereocenters. The van der Waals surface area contributed by atoms with E-state index in [2.05, 4.69) is 0 Å². The lowest BCUT2D eigenvalue weighted by Crippen LogP contribution is -2.51. The van der Waals surface area contributed by atoms with Crippen LogP contribution in [-0.4, -0.2) is 36.5 Å². The highest BCUT2D eigenvalue weighted by molar-refractivity contribution is 5.69. The highest BCUT2D eigenvalue weighted by Gasteiger charge is 2.61. The molecule has 132 valence electrons. The van der Waals surface area contributed by atoms with Crippen molar-refractivity contribution >= 4 is 6.09 Å². The Hall–Kier alpha value is -1.69. The van der Waals surface area contributed by atoms with E-state index in [1.54, 1.807) is 27.9 Å². The van der Waals surface area contributed by atoms with E-state index in [9.17, 15) is 13.6 Å². The molecule has 0 bridgehead atoms. The Balaban J connectivity index is 1.87. The van der Waals surface area contributed by atoms with Gasteiger partial charge in [0.2, 0.25) is 0 Å². The second-order valence-corrected chi connectivity index (χ2v) is 7.75. The first-order valence-electron chi connectivity index (χ1n) is 8.13. The molecule has 4 nitrogen and oxygen atoms in total. The van der Waals surface area contributed by atoms with Gasteiger partial charge in [0.1, 0.15) is 23.5 Å². The van der Waals surface area contributed by atoms with Crippen LogP contribution in [-0.2, 0) is 14.9 Å². The number of rotatable bonds is 2. The number of hydrogen-bond donors (Lipinski definition) is 0. The van der Waals surface area contributed by atoms with Crippen molar-refractivity contribution in [1.29, 1.82) is 0 Å². The van der Waals surface area contributed by atoms with Crippen LogP contribution < -0.4 is 0 Å². The van der Waals surface area contributed by atoms with Gasteiger partial charge in [-0.3, -0.25) is 4.90 Å². The Labute approximate surface area is 140 Å². The topological polar surface area (TPSA) is 38.8 Å². The average Bonchev–Trinajstić information content (AvgIpc) is 3.17. The van der Waals surface area contributed by atoms with E-state index in [1.165, 1.54) is 17.0 Å². The largest absolute Gasteiger partial charge is 0.444 e. The molecule has 3 rings (SSSR count). The predicted molar refractivity (Wildman–Crippen MR) is 84.5 cm³/mol. The number of benzene rings is 1. The van der Waals surface area contributed by atoms with Gasteiger partial charge in [0.25, 0.3) is 0 Å². The fourth-order valence-electron chi connectivity index (χ4n) is 3.67. The van der Waals surface area contributed by atoms with Gasteiger partial charge in [-0.2, -0.15) is 0 Å². The average molecular weight is 339 g/mol. The maximum Gasteiger partial charge on any atom is 0.412 e. The van der Waals surface area contributed by atoms with Crippen molar-refractivity contribution in [2.24, 2.45) is 5.92 Å². The lowest BCUT2D eigenvalue weighted by Gasteiger charge is -2.39. The zero-order valence-electron chi connectivity index (χ0n) is 14.4. The third-order valence-corrected chi connectivity index (χ3v) is 4.86. The molecule has 1 saturated heterocycles. The summed E-state index contributed by atoms with van der Waals surface area (Å²) in [5.41, 5.74) is -0.420. The van der Waals surface area contributed by atoms with Crippen molar-refractivity contribution in [2.75, 3.05) is 13.7 Å². The normalized spacial score (nSPS) is 29.2.